The van der Waals surface area contributed by atoms with Gasteiger partial charge in [0.1, 0.15) is 11.5 Å². The van der Waals surface area contributed by atoms with Gasteiger partial charge in [0.15, 0.2) is 5.82 Å². The Morgan fingerprint density at radius 2 is 1.97 bits per heavy atom. The number of aromatic amines is 2. The summed E-state index contributed by atoms with van der Waals surface area (Å²) in [7, 11) is 0. The first-order valence-electron chi connectivity index (χ1n) is 10.6. The maximum absolute atomic E-state index is 8.95. The van der Waals surface area contributed by atoms with Crippen LogP contribution < -0.4 is 10.6 Å². The topological polar surface area (TPSA) is 121 Å². The maximum atomic E-state index is 8.95. The van der Waals surface area contributed by atoms with Gasteiger partial charge in [-0.1, -0.05) is 0 Å². The quantitative estimate of drug-likeness (QED) is 0.496. The van der Waals surface area contributed by atoms with Crippen LogP contribution in [0.25, 0.3) is 11.0 Å². The van der Waals surface area contributed by atoms with Gasteiger partial charge in [0.05, 0.1) is 11.5 Å². The van der Waals surface area contributed by atoms with Gasteiger partial charge in [-0.2, -0.15) is 20.3 Å². The number of aryl methyl sites for hydroxylation is 2. The average Bonchev–Trinajstić information content (AvgIpc) is 3.35. The minimum absolute atomic E-state index is 0.370. The fraction of sp³-hybridized carbons (Fsp3) is 0.524. The summed E-state index contributed by atoms with van der Waals surface area (Å²) in [5.41, 5.74) is 2.85. The molecule has 2 aliphatic heterocycles. The third kappa shape index (κ3) is 3.59. The van der Waals surface area contributed by atoms with Gasteiger partial charge in [0.2, 0.25) is 5.95 Å². The van der Waals surface area contributed by atoms with E-state index in [0.717, 1.165) is 47.6 Å². The number of fused-ring (bicyclic) bond motifs is 3. The molecule has 156 valence electrons. The molecule has 2 saturated heterocycles. The molecule has 0 radical (unpaired) electrons. The van der Waals surface area contributed by atoms with Crippen molar-refractivity contribution >= 4 is 28.6 Å². The number of piperidine rings is 1. The molecule has 0 spiro atoms. The number of nitrogens with one attached hydrogen (secondary N) is 4. The van der Waals surface area contributed by atoms with E-state index in [1.807, 2.05) is 19.9 Å². The molecule has 0 aliphatic carbocycles. The number of nitriles is 1. The van der Waals surface area contributed by atoms with Crippen LogP contribution in [0.4, 0.5) is 17.6 Å². The summed E-state index contributed by atoms with van der Waals surface area (Å²) < 4.78 is 0. The Morgan fingerprint density at radius 3 is 2.67 bits per heavy atom. The van der Waals surface area contributed by atoms with E-state index >= 15 is 0 Å². The number of hydrogen-bond donors (Lipinski definition) is 4. The Labute approximate surface area is 175 Å². The number of aromatic nitrogens is 5. The number of nitrogens with zero attached hydrogens (tertiary/aromatic N) is 5. The van der Waals surface area contributed by atoms with Crippen molar-refractivity contribution in [2.75, 3.05) is 17.2 Å². The second kappa shape index (κ2) is 7.61. The van der Waals surface area contributed by atoms with E-state index in [0.29, 0.717) is 36.3 Å². The zero-order valence-electron chi connectivity index (χ0n) is 17.4. The summed E-state index contributed by atoms with van der Waals surface area (Å²) in [4.78, 5) is 15.3. The standard InChI is InChI=1S/C21H27N9/c1-12-8-17-19(23-12)26-21(25-18-9-13(2)28-29-18)27-20(17)24-14-10-15-4-5-16(11-14)30(15)7-3-6-22/h8-9,14-16H,3-5,7,10-11H2,1-2H3,(H4,23,24,25,26,27,28,29)/t14-,15-,16+. The molecule has 5 rings (SSSR count). The number of hydrogen-bond acceptors (Lipinski definition) is 7. The zero-order chi connectivity index (χ0) is 20.7. The molecule has 2 bridgehead atoms. The maximum Gasteiger partial charge on any atom is 0.232 e. The number of rotatable bonds is 6. The Balaban J connectivity index is 1.38. The molecule has 0 saturated carbocycles. The highest BCUT2D eigenvalue weighted by atomic mass is 15.3. The van der Waals surface area contributed by atoms with Gasteiger partial charge in [-0.05, 0) is 45.6 Å². The van der Waals surface area contributed by atoms with Crippen LogP contribution in [-0.2, 0) is 0 Å². The summed E-state index contributed by atoms with van der Waals surface area (Å²) in [6.07, 6.45) is 5.22. The first kappa shape index (κ1) is 18.9. The van der Waals surface area contributed by atoms with E-state index in [1.165, 1.54) is 12.8 Å². The Kier molecular flexibility index (Phi) is 4.79. The lowest BCUT2D eigenvalue weighted by Gasteiger charge is -2.39. The molecule has 9 heteroatoms. The summed E-state index contributed by atoms with van der Waals surface area (Å²) in [6.45, 7) is 4.88. The second-order valence-electron chi connectivity index (χ2n) is 8.52. The lowest BCUT2D eigenvalue weighted by atomic mass is 9.97. The minimum atomic E-state index is 0.370. The largest absolute Gasteiger partial charge is 0.366 e. The SMILES string of the molecule is Cc1cc(Nc2nc(N[C@@H]3C[C@H]4CC[C@@H](C3)N4CCC#N)c3cc(C)[nH]c3n2)n[nH]1. The van der Waals surface area contributed by atoms with E-state index in [2.05, 4.69) is 47.8 Å². The Morgan fingerprint density at radius 1 is 1.17 bits per heavy atom. The highest BCUT2D eigenvalue weighted by molar-refractivity contribution is 5.89. The van der Waals surface area contributed by atoms with Crippen molar-refractivity contribution in [2.24, 2.45) is 0 Å². The van der Waals surface area contributed by atoms with E-state index < -0.39 is 0 Å². The molecule has 2 aliphatic rings. The van der Waals surface area contributed by atoms with Crippen LogP contribution in [0.3, 0.4) is 0 Å². The molecule has 0 unspecified atom stereocenters. The number of anilines is 3. The normalized spacial score (nSPS) is 23.6. The first-order valence-corrected chi connectivity index (χ1v) is 10.6. The van der Waals surface area contributed by atoms with Gasteiger partial charge in [0, 0.05) is 48.5 Å². The van der Waals surface area contributed by atoms with E-state index in [-0.39, 0.29) is 0 Å². The molecular weight excluding hydrogens is 378 g/mol. The molecule has 0 aromatic carbocycles. The fourth-order valence-electron chi connectivity index (χ4n) is 5.03. The van der Waals surface area contributed by atoms with Gasteiger partial charge < -0.3 is 15.6 Å². The van der Waals surface area contributed by atoms with Gasteiger partial charge in [0.25, 0.3) is 0 Å². The summed E-state index contributed by atoms with van der Waals surface area (Å²) >= 11 is 0. The zero-order valence-corrected chi connectivity index (χ0v) is 17.4. The molecule has 9 nitrogen and oxygen atoms in total. The fourth-order valence-corrected chi connectivity index (χ4v) is 5.03. The predicted octanol–water partition coefficient (Wildman–Crippen LogP) is 3.36. The smallest absolute Gasteiger partial charge is 0.232 e. The van der Waals surface area contributed by atoms with E-state index in [4.69, 9.17) is 10.2 Å². The molecule has 30 heavy (non-hydrogen) atoms. The van der Waals surface area contributed by atoms with Crippen LogP contribution in [0.1, 0.15) is 43.5 Å². The summed E-state index contributed by atoms with van der Waals surface area (Å²) in [5.74, 6) is 2.08. The van der Waals surface area contributed by atoms with Crippen molar-refractivity contribution in [2.45, 2.75) is 64.1 Å². The van der Waals surface area contributed by atoms with Crippen LogP contribution in [0.2, 0.25) is 0 Å². The molecule has 0 amide bonds. The first-order chi connectivity index (χ1) is 14.6. The molecule has 5 heterocycles. The van der Waals surface area contributed by atoms with Crippen molar-refractivity contribution in [1.82, 2.24) is 30.0 Å². The highest BCUT2D eigenvalue weighted by Gasteiger charge is 2.40. The van der Waals surface area contributed by atoms with Crippen molar-refractivity contribution in [3.05, 3.63) is 23.5 Å². The monoisotopic (exact) mass is 405 g/mol. The second-order valence-corrected chi connectivity index (χ2v) is 8.52. The van der Waals surface area contributed by atoms with Gasteiger partial charge in [-0.15, -0.1) is 0 Å². The van der Waals surface area contributed by atoms with Gasteiger partial charge >= 0.3 is 0 Å². The molecule has 4 N–H and O–H groups in total. The van der Waals surface area contributed by atoms with Gasteiger partial charge in [-0.3, -0.25) is 10.00 Å². The lowest BCUT2D eigenvalue weighted by molar-refractivity contribution is 0.136. The van der Waals surface area contributed by atoms with Crippen LogP contribution in [0.15, 0.2) is 12.1 Å². The molecule has 3 atom stereocenters. The van der Waals surface area contributed by atoms with Crippen LogP contribution >= 0.6 is 0 Å². The van der Waals surface area contributed by atoms with Crippen LogP contribution in [0.5, 0.6) is 0 Å². The minimum Gasteiger partial charge on any atom is -0.366 e. The average molecular weight is 406 g/mol. The Hall–Kier alpha value is -3.12. The highest BCUT2D eigenvalue weighted by Crippen LogP contribution is 2.37. The Bertz CT molecular complexity index is 1080. The molecular formula is C21H27N9. The third-order valence-corrected chi connectivity index (χ3v) is 6.27. The summed E-state index contributed by atoms with van der Waals surface area (Å²) in [5, 5.41) is 24.0. The molecule has 3 aromatic rings. The number of H-pyrrole nitrogens is 2. The van der Waals surface area contributed by atoms with E-state index in [9.17, 15) is 0 Å². The van der Waals surface area contributed by atoms with Crippen molar-refractivity contribution in [1.29, 1.82) is 5.26 Å². The third-order valence-electron chi connectivity index (χ3n) is 6.27. The van der Waals surface area contributed by atoms with Crippen molar-refractivity contribution in [3.63, 3.8) is 0 Å². The van der Waals surface area contributed by atoms with Crippen LogP contribution in [-0.4, -0.2) is 54.7 Å². The van der Waals surface area contributed by atoms with Crippen molar-refractivity contribution in [3.8, 4) is 6.07 Å². The van der Waals surface area contributed by atoms with E-state index in [1.54, 1.807) is 0 Å². The predicted molar refractivity (Wildman–Crippen MR) is 116 cm³/mol. The lowest BCUT2D eigenvalue weighted by Crippen LogP contribution is -2.47. The van der Waals surface area contributed by atoms with Crippen molar-refractivity contribution < 1.29 is 0 Å². The van der Waals surface area contributed by atoms with Crippen LogP contribution in [0, 0.1) is 25.2 Å². The van der Waals surface area contributed by atoms with Gasteiger partial charge in [-0.25, -0.2) is 0 Å². The molecule has 3 aromatic heterocycles. The summed E-state index contributed by atoms with van der Waals surface area (Å²) in [6, 6.07) is 7.80. The molecule has 2 fully saturated rings.